The molecule has 10 nitrogen and oxygen atoms in total. The zero-order valence-corrected chi connectivity index (χ0v) is 19.5. The van der Waals surface area contributed by atoms with Crippen molar-refractivity contribution < 1.29 is 14.6 Å². The third-order valence-electron chi connectivity index (χ3n) is 6.09. The lowest BCUT2D eigenvalue weighted by Gasteiger charge is -2.30. The Kier molecular flexibility index (Phi) is 5.15. The Hall–Kier alpha value is -3.57. The van der Waals surface area contributed by atoms with Crippen LogP contribution in [0.25, 0.3) is 33.4 Å². The molecule has 3 aromatic heterocycles. The van der Waals surface area contributed by atoms with Gasteiger partial charge in [-0.05, 0) is 23.8 Å². The number of ether oxygens (including phenoxy) is 1. The first-order chi connectivity index (χ1) is 16.6. The highest BCUT2D eigenvalue weighted by Crippen LogP contribution is 2.32. The number of para-hydroxylation sites is 2. The van der Waals surface area contributed by atoms with Gasteiger partial charge in [-0.1, -0.05) is 30.4 Å². The number of aromatic nitrogens is 5. The van der Waals surface area contributed by atoms with Crippen molar-refractivity contribution in [2.75, 3.05) is 44.3 Å². The first-order valence-electron chi connectivity index (χ1n) is 11.3. The fraction of sp³-hybridized carbons (Fsp3) is 0.348. The molecule has 174 valence electrons. The summed E-state index contributed by atoms with van der Waals surface area (Å²) in [5.74, 6) is 2.29. The fourth-order valence-corrected chi connectivity index (χ4v) is 5.27. The van der Waals surface area contributed by atoms with Crippen molar-refractivity contribution >= 4 is 50.7 Å². The van der Waals surface area contributed by atoms with Gasteiger partial charge >= 0.3 is 6.09 Å². The normalized spacial score (nSPS) is 16.3. The molecule has 34 heavy (non-hydrogen) atoms. The molecule has 0 unspecified atom stereocenters. The second-order valence-corrected chi connectivity index (χ2v) is 9.31. The van der Waals surface area contributed by atoms with Gasteiger partial charge in [-0.25, -0.2) is 14.8 Å². The maximum absolute atomic E-state index is 11.1. The Bertz CT molecular complexity index is 1430. The van der Waals surface area contributed by atoms with Gasteiger partial charge < -0.3 is 19.6 Å². The van der Waals surface area contributed by atoms with Crippen LogP contribution >= 0.6 is 11.3 Å². The van der Waals surface area contributed by atoms with Gasteiger partial charge in [0.05, 0.1) is 24.2 Å². The lowest BCUT2D eigenvalue weighted by atomic mass is 10.1. The van der Waals surface area contributed by atoms with Crippen LogP contribution in [-0.2, 0) is 11.2 Å². The highest BCUT2D eigenvalue weighted by atomic mass is 32.1. The zero-order valence-electron chi connectivity index (χ0n) is 18.6. The Morgan fingerprint density at radius 3 is 2.71 bits per heavy atom. The lowest BCUT2D eigenvalue weighted by molar-refractivity contribution is 0.122. The summed E-state index contributed by atoms with van der Waals surface area (Å²) in [5, 5.41) is 9.90. The molecule has 2 fully saturated rings. The zero-order chi connectivity index (χ0) is 23.2. The Balaban J connectivity index is 1.49. The molecule has 2 aliphatic rings. The van der Waals surface area contributed by atoms with Crippen LogP contribution < -0.4 is 4.90 Å². The molecule has 6 rings (SSSR count). The van der Waals surface area contributed by atoms with Crippen LogP contribution in [0.15, 0.2) is 29.8 Å². The molecule has 1 aromatic carbocycles. The van der Waals surface area contributed by atoms with E-state index in [1.54, 1.807) is 0 Å². The topological polar surface area (TPSA) is 110 Å². The van der Waals surface area contributed by atoms with Crippen molar-refractivity contribution in [1.29, 1.82) is 0 Å². The molecular formula is C23H23N7O3S. The number of likely N-dealkylation sites (tertiary alicyclic amines) is 1. The minimum Gasteiger partial charge on any atom is -0.465 e. The number of hydrogen-bond acceptors (Lipinski definition) is 8. The van der Waals surface area contributed by atoms with Crippen molar-refractivity contribution in [3.8, 4) is 5.95 Å². The number of morpholine rings is 1. The number of rotatable bonds is 4. The number of fused-ring (bicyclic) bond motifs is 2. The highest BCUT2D eigenvalue weighted by molar-refractivity contribution is 7.19. The number of carboxylic acid groups (broad SMARTS) is 1. The molecule has 11 heteroatoms. The molecule has 1 N–H and O–H groups in total. The summed E-state index contributed by atoms with van der Waals surface area (Å²) in [6, 6.07) is 8.02. The molecule has 0 radical (unpaired) electrons. The fourth-order valence-electron chi connectivity index (χ4n) is 4.35. The first-order valence-corrected chi connectivity index (χ1v) is 12.1. The van der Waals surface area contributed by atoms with Crippen LogP contribution in [0.2, 0.25) is 0 Å². The van der Waals surface area contributed by atoms with Gasteiger partial charge in [-0.3, -0.25) is 4.57 Å². The SMILES string of the molecule is CCc1nc2ccccc2n1-c1nc(N2CCOCC2)c2nc(C=C3CN(C(=O)O)C3)sc2n1. The van der Waals surface area contributed by atoms with E-state index in [-0.39, 0.29) is 0 Å². The van der Waals surface area contributed by atoms with E-state index in [0.717, 1.165) is 63.1 Å². The highest BCUT2D eigenvalue weighted by Gasteiger charge is 2.26. The van der Waals surface area contributed by atoms with Crippen LogP contribution in [0.3, 0.4) is 0 Å². The van der Waals surface area contributed by atoms with E-state index in [0.29, 0.717) is 32.3 Å². The minimum atomic E-state index is -0.897. The Morgan fingerprint density at radius 2 is 1.94 bits per heavy atom. The summed E-state index contributed by atoms with van der Waals surface area (Å²) in [6.45, 7) is 5.66. The summed E-state index contributed by atoms with van der Waals surface area (Å²) in [5.41, 5.74) is 3.69. The van der Waals surface area contributed by atoms with Crippen LogP contribution in [0, 0.1) is 0 Å². The van der Waals surface area contributed by atoms with Crippen molar-refractivity contribution in [2.24, 2.45) is 0 Å². The third kappa shape index (κ3) is 3.57. The molecule has 0 spiro atoms. The Labute approximate surface area is 199 Å². The van der Waals surface area contributed by atoms with Gasteiger partial charge in [0.1, 0.15) is 16.3 Å². The molecule has 5 heterocycles. The van der Waals surface area contributed by atoms with Crippen molar-refractivity contribution in [3.63, 3.8) is 0 Å². The molecule has 2 saturated heterocycles. The van der Waals surface area contributed by atoms with Crippen molar-refractivity contribution in [2.45, 2.75) is 13.3 Å². The largest absolute Gasteiger partial charge is 0.465 e. The van der Waals surface area contributed by atoms with Gasteiger partial charge in [0.15, 0.2) is 10.6 Å². The number of aryl methyl sites for hydroxylation is 1. The summed E-state index contributed by atoms with van der Waals surface area (Å²) >= 11 is 1.50. The number of thiazole rings is 1. The van der Waals surface area contributed by atoms with E-state index in [2.05, 4.69) is 11.8 Å². The number of imidazole rings is 1. The average molecular weight is 478 g/mol. The van der Waals surface area contributed by atoms with Crippen LogP contribution in [0.4, 0.5) is 10.6 Å². The smallest absolute Gasteiger partial charge is 0.407 e. The van der Waals surface area contributed by atoms with E-state index in [1.165, 1.54) is 16.2 Å². The van der Waals surface area contributed by atoms with E-state index in [9.17, 15) is 4.79 Å². The van der Waals surface area contributed by atoms with Gasteiger partial charge in [-0.2, -0.15) is 9.97 Å². The summed E-state index contributed by atoms with van der Waals surface area (Å²) < 4.78 is 7.59. The van der Waals surface area contributed by atoms with E-state index in [1.807, 2.05) is 34.9 Å². The first kappa shape index (κ1) is 21.0. The second-order valence-electron chi connectivity index (χ2n) is 8.30. The maximum Gasteiger partial charge on any atom is 0.407 e. The lowest BCUT2D eigenvalue weighted by Crippen LogP contribution is -2.43. The van der Waals surface area contributed by atoms with Crippen LogP contribution in [0.1, 0.15) is 17.8 Å². The van der Waals surface area contributed by atoms with Crippen molar-refractivity contribution in [1.82, 2.24) is 29.4 Å². The monoisotopic (exact) mass is 477 g/mol. The number of carbonyl (C=O) groups is 1. The molecule has 2 aliphatic heterocycles. The van der Waals surface area contributed by atoms with Gasteiger partial charge in [0.2, 0.25) is 5.95 Å². The third-order valence-corrected chi connectivity index (χ3v) is 6.98. The molecule has 0 bridgehead atoms. The number of amides is 1. The predicted octanol–water partition coefficient (Wildman–Crippen LogP) is 3.20. The number of anilines is 1. The van der Waals surface area contributed by atoms with Gasteiger partial charge in [-0.15, -0.1) is 0 Å². The van der Waals surface area contributed by atoms with Gasteiger partial charge in [0, 0.05) is 32.6 Å². The minimum absolute atomic E-state index is 0.416. The molecule has 0 aliphatic carbocycles. The van der Waals surface area contributed by atoms with Crippen LogP contribution in [-0.4, -0.2) is 80.0 Å². The molecule has 1 amide bonds. The molecular weight excluding hydrogens is 454 g/mol. The van der Waals surface area contributed by atoms with Crippen molar-refractivity contribution in [3.05, 3.63) is 40.7 Å². The second kappa shape index (κ2) is 8.33. The van der Waals surface area contributed by atoms with E-state index in [4.69, 9.17) is 29.8 Å². The summed E-state index contributed by atoms with van der Waals surface area (Å²) in [7, 11) is 0. The average Bonchev–Trinajstić information content (AvgIpc) is 3.41. The predicted molar refractivity (Wildman–Crippen MR) is 130 cm³/mol. The van der Waals surface area contributed by atoms with E-state index >= 15 is 0 Å². The van der Waals surface area contributed by atoms with E-state index < -0.39 is 6.09 Å². The summed E-state index contributed by atoms with van der Waals surface area (Å²) in [4.78, 5) is 35.0. The number of benzene rings is 1. The Morgan fingerprint density at radius 1 is 1.15 bits per heavy atom. The molecule has 0 atom stereocenters. The van der Waals surface area contributed by atoms with Gasteiger partial charge in [0.25, 0.3) is 0 Å². The molecule has 4 aromatic rings. The molecule has 0 saturated carbocycles. The number of nitrogens with zero attached hydrogens (tertiary/aromatic N) is 7. The quantitative estimate of drug-likeness (QED) is 0.477. The number of hydrogen-bond donors (Lipinski definition) is 1. The summed E-state index contributed by atoms with van der Waals surface area (Å²) in [6.07, 6.45) is 1.83. The van der Waals surface area contributed by atoms with Crippen LogP contribution in [0.5, 0.6) is 0 Å². The standard InChI is InChI=1S/C23H23N7O3S/c1-2-17-24-15-5-3-4-6-16(15)30(17)22-26-20(28-7-9-33-10-8-28)19-21(27-22)34-18(25-19)11-14-12-29(13-14)23(31)32/h3-6,11H,2,7-10,12-13H2,1H3,(H,31,32). The maximum atomic E-state index is 11.1.